The van der Waals surface area contributed by atoms with Crippen molar-refractivity contribution in [1.82, 2.24) is 4.98 Å². The molecule has 3 heteroatoms. The van der Waals surface area contributed by atoms with E-state index in [9.17, 15) is 0 Å². The summed E-state index contributed by atoms with van der Waals surface area (Å²) in [5, 5.41) is 0. The molecule has 1 rings (SSSR count). The van der Waals surface area contributed by atoms with Crippen molar-refractivity contribution in [2.24, 2.45) is 5.73 Å². The van der Waals surface area contributed by atoms with Crippen LogP contribution < -0.4 is 5.73 Å². The molecule has 0 bridgehead atoms. The SMILES string of the molecule is CCCCCCC(N)Cc1ccc(Br)cn1. The maximum absolute atomic E-state index is 6.07. The van der Waals surface area contributed by atoms with Crippen molar-refractivity contribution in [3.05, 3.63) is 28.5 Å². The normalized spacial score (nSPS) is 12.7. The molecule has 1 heterocycles. The number of aromatic nitrogens is 1. The molecule has 0 spiro atoms. The van der Waals surface area contributed by atoms with Gasteiger partial charge in [0.25, 0.3) is 0 Å². The minimum atomic E-state index is 0.255. The van der Waals surface area contributed by atoms with E-state index in [0.717, 1.165) is 23.0 Å². The Labute approximate surface area is 107 Å². The molecule has 1 atom stereocenters. The summed E-state index contributed by atoms with van der Waals surface area (Å²) < 4.78 is 1.02. The topological polar surface area (TPSA) is 38.9 Å². The second kappa shape index (κ2) is 7.80. The Morgan fingerprint density at radius 3 is 2.75 bits per heavy atom. The van der Waals surface area contributed by atoms with Crippen LogP contribution in [0, 0.1) is 0 Å². The van der Waals surface area contributed by atoms with E-state index in [1.165, 1.54) is 25.7 Å². The van der Waals surface area contributed by atoms with Gasteiger partial charge in [-0.25, -0.2) is 0 Å². The Hall–Kier alpha value is -0.410. The van der Waals surface area contributed by atoms with E-state index in [0.29, 0.717) is 0 Å². The Kier molecular flexibility index (Phi) is 6.65. The maximum atomic E-state index is 6.07. The van der Waals surface area contributed by atoms with Gasteiger partial charge in [0.15, 0.2) is 0 Å². The largest absolute Gasteiger partial charge is 0.327 e. The van der Waals surface area contributed by atoms with Crippen molar-refractivity contribution in [1.29, 1.82) is 0 Å². The zero-order valence-electron chi connectivity index (χ0n) is 9.95. The lowest BCUT2D eigenvalue weighted by Gasteiger charge is -2.10. The van der Waals surface area contributed by atoms with Gasteiger partial charge in [-0.05, 0) is 34.5 Å². The first-order chi connectivity index (χ1) is 7.72. The lowest BCUT2D eigenvalue weighted by Crippen LogP contribution is -2.23. The van der Waals surface area contributed by atoms with Crippen LogP contribution in [-0.4, -0.2) is 11.0 Å². The summed E-state index contributed by atoms with van der Waals surface area (Å²) in [6, 6.07) is 4.31. The highest BCUT2D eigenvalue weighted by Gasteiger charge is 2.04. The minimum absolute atomic E-state index is 0.255. The summed E-state index contributed by atoms with van der Waals surface area (Å²) in [6.45, 7) is 2.23. The van der Waals surface area contributed by atoms with E-state index in [2.05, 4.69) is 27.8 Å². The number of rotatable bonds is 7. The summed E-state index contributed by atoms with van der Waals surface area (Å²) in [5.74, 6) is 0. The fourth-order valence-electron chi connectivity index (χ4n) is 1.73. The molecule has 1 unspecified atom stereocenters. The lowest BCUT2D eigenvalue weighted by atomic mass is 10.0. The number of halogens is 1. The van der Waals surface area contributed by atoms with Crippen molar-refractivity contribution >= 4 is 15.9 Å². The highest BCUT2D eigenvalue weighted by Crippen LogP contribution is 2.11. The van der Waals surface area contributed by atoms with Crippen LogP contribution in [0.25, 0.3) is 0 Å². The van der Waals surface area contributed by atoms with Gasteiger partial charge in [-0.15, -0.1) is 0 Å². The summed E-state index contributed by atoms with van der Waals surface area (Å²) >= 11 is 3.38. The predicted molar refractivity (Wildman–Crippen MR) is 72.4 cm³/mol. The molecular formula is C13H21BrN2. The number of nitrogens with two attached hydrogens (primary N) is 1. The van der Waals surface area contributed by atoms with Crippen LogP contribution in [0.4, 0.5) is 0 Å². The molecule has 90 valence electrons. The van der Waals surface area contributed by atoms with E-state index in [-0.39, 0.29) is 6.04 Å². The second-order valence-corrected chi connectivity index (χ2v) is 5.20. The average molecular weight is 285 g/mol. The molecule has 2 N–H and O–H groups in total. The highest BCUT2D eigenvalue weighted by molar-refractivity contribution is 9.10. The van der Waals surface area contributed by atoms with Crippen LogP contribution in [0.3, 0.4) is 0 Å². The zero-order chi connectivity index (χ0) is 11.8. The van der Waals surface area contributed by atoms with Crippen molar-refractivity contribution in [3.63, 3.8) is 0 Å². The average Bonchev–Trinajstić information content (AvgIpc) is 2.28. The number of hydrogen-bond donors (Lipinski definition) is 1. The van der Waals surface area contributed by atoms with Crippen LogP contribution >= 0.6 is 15.9 Å². The molecule has 0 saturated heterocycles. The molecule has 0 saturated carbocycles. The van der Waals surface area contributed by atoms with E-state index in [4.69, 9.17) is 5.73 Å². The smallest absolute Gasteiger partial charge is 0.0419 e. The zero-order valence-corrected chi connectivity index (χ0v) is 11.5. The fourth-order valence-corrected chi connectivity index (χ4v) is 1.97. The number of pyridine rings is 1. The molecule has 16 heavy (non-hydrogen) atoms. The van der Waals surface area contributed by atoms with Gasteiger partial charge >= 0.3 is 0 Å². The number of unbranched alkanes of at least 4 members (excludes halogenated alkanes) is 3. The Morgan fingerprint density at radius 2 is 2.12 bits per heavy atom. The predicted octanol–water partition coefficient (Wildman–Crippen LogP) is 3.68. The van der Waals surface area contributed by atoms with Crippen molar-refractivity contribution < 1.29 is 0 Å². The van der Waals surface area contributed by atoms with Gasteiger partial charge < -0.3 is 5.73 Å². The first kappa shape index (κ1) is 13.7. The van der Waals surface area contributed by atoms with Crippen molar-refractivity contribution in [3.8, 4) is 0 Å². The number of nitrogens with zero attached hydrogens (tertiary/aromatic N) is 1. The third kappa shape index (κ3) is 5.61. The van der Waals surface area contributed by atoms with Gasteiger partial charge in [0, 0.05) is 28.8 Å². The number of hydrogen-bond acceptors (Lipinski definition) is 2. The monoisotopic (exact) mass is 284 g/mol. The van der Waals surface area contributed by atoms with E-state index >= 15 is 0 Å². The fraction of sp³-hybridized carbons (Fsp3) is 0.615. The van der Waals surface area contributed by atoms with Gasteiger partial charge in [-0.2, -0.15) is 0 Å². The summed E-state index contributed by atoms with van der Waals surface area (Å²) in [4.78, 5) is 4.34. The van der Waals surface area contributed by atoms with Crippen LogP contribution in [-0.2, 0) is 6.42 Å². The van der Waals surface area contributed by atoms with Gasteiger partial charge in [-0.3, -0.25) is 4.98 Å². The highest BCUT2D eigenvalue weighted by atomic mass is 79.9. The molecule has 0 aliphatic heterocycles. The lowest BCUT2D eigenvalue weighted by molar-refractivity contribution is 0.542. The standard InChI is InChI=1S/C13H21BrN2/c1-2-3-4-5-6-12(15)9-13-8-7-11(14)10-16-13/h7-8,10,12H,2-6,9,15H2,1H3. The summed E-state index contributed by atoms with van der Waals surface area (Å²) in [7, 11) is 0. The van der Waals surface area contributed by atoms with E-state index in [1.807, 2.05) is 18.3 Å². The Morgan fingerprint density at radius 1 is 1.31 bits per heavy atom. The van der Waals surface area contributed by atoms with Crippen LogP contribution in [0.2, 0.25) is 0 Å². The van der Waals surface area contributed by atoms with Crippen molar-refractivity contribution in [2.75, 3.05) is 0 Å². The Bertz CT molecular complexity index is 284. The summed E-state index contributed by atoms with van der Waals surface area (Å²) in [5.41, 5.74) is 7.16. The van der Waals surface area contributed by atoms with Gasteiger partial charge in [0.2, 0.25) is 0 Å². The Balaban J connectivity index is 2.23. The van der Waals surface area contributed by atoms with Crippen LogP contribution in [0.5, 0.6) is 0 Å². The minimum Gasteiger partial charge on any atom is -0.327 e. The molecule has 1 aromatic rings. The molecular weight excluding hydrogens is 264 g/mol. The third-order valence-corrected chi connectivity index (χ3v) is 3.16. The van der Waals surface area contributed by atoms with Crippen LogP contribution in [0.15, 0.2) is 22.8 Å². The quantitative estimate of drug-likeness (QED) is 0.776. The van der Waals surface area contributed by atoms with Crippen molar-refractivity contribution in [2.45, 2.75) is 51.5 Å². The first-order valence-corrected chi connectivity index (χ1v) is 6.87. The molecule has 0 radical (unpaired) electrons. The maximum Gasteiger partial charge on any atom is 0.0419 e. The van der Waals surface area contributed by atoms with Gasteiger partial charge in [-0.1, -0.05) is 32.6 Å². The van der Waals surface area contributed by atoms with Gasteiger partial charge in [0.05, 0.1) is 0 Å². The molecule has 0 aromatic carbocycles. The molecule has 2 nitrogen and oxygen atoms in total. The molecule has 0 amide bonds. The molecule has 0 fully saturated rings. The summed E-state index contributed by atoms with van der Waals surface area (Å²) in [6.07, 6.45) is 8.98. The molecule has 0 aliphatic rings. The van der Waals surface area contributed by atoms with Crippen LogP contribution in [0.1, 0.15) is 44.7 Å². The van der Waals surface area contributed by atoms with Gasteiger partial charge in [0.1, 0.15) is 0 Å². The second-order valence-electron chi connectivity index (χ2n) is 4.28. The third-order valence-electron chi connectivity index (χ3n) is 2.69. The first-order valence-electron chi connectivity index (χ1n) is 6.08. The molecule has 0 aliphatic carbocycles. The van der Waals surface area contributed by atoms with E-state index < -0.39 is 0 Å². The molecule has 1 aromatic heterocycles. The van der Waals surface area contributed by atoms with E-state index in [1.54, 1.807) is 0 Å².